The smallest absolute Gasteiger partial charge is 0.146 e. The largest absolute Gasteiger partial charge is 0.368 e. The molecule has 0 radical (unpaired) electrons. The molecule has 0 spiro atoms. The molecule has 1 fully saturated rings. The van der Waals surface area contributed by atoms with Gasteiger partial charge in [-0.3, -0.25) is 0 Å². The highest BCUT2D eigenvalue weighted by molar-refractivity contribution is 5.47. The average molecular weight is 222 g/mol. The summed E-state index contributed by atoms with van der Waals surface area (Å²) in [5.41, 5.74) is 0.734. The van der Waals surface area contributed by atoms with E-state index in [0.717, 1.165) is 38.2 Å². The van der Waals surface area contributed by atoms with Crippen LogP contribution in [0.3, 0.4) is 0 Å². The number of benzene rings is 1. The Labute approximate surface area is 96.5 Å². The third-order valence-corrected chi connectivity index (χ3v) is 3.03. The van der Waals surface area contributed by atoms with E-state index in [1.54, 1.807) is 6.07 Å². The molecule has 1 saturated heterocycles. The molecule has 1 unspecified atom stereocenters. The minimum Gasteiger partial charge on any atom is -0.368 e. The fourth-order valence-corrected chi connectivity index (χ4v) is 2.19. The van der Waals surface area contributed by atoms with Gasteiger partial charge < -0.3 is 10.2 Å². The van der Waals surface area contributed by atoms with Gasteiger partial charge in [-0.25, -0.2) is 4.39 Å². The van der Waals surface area contributed by atoms with E-state index < -0.39 is 0 Å². The van der Waals surface area contributed by atoms with Gasteiger partial charge in [-0.05, 0) is 38.4 Å². The standard InChI is InChI=1S/C13H19FN2/c1-11-10-16(9-5-4-8-15-11)13-7-3-2-6-12(13)14/h2-3,6-7,11,15H,4-5,8-10H2,1H3. The highest BCUT2D eigenvalue weighted by atomic mass is 19.1. The Hall–Kier alpha value is -1.09. The molecule has 1 aromatic carbocycles. The number of rotatable bonds is 1. The van der Waals surface area contributed by atoms with Crippen molar-refractivity contribution in [3.63, 3.8) is 0 Å². The molecular formula is C13H19FN2. The molecule has 1 heterocycles. The summed E-state index contributed by atoms with van der Waals surface area (Å²) in [5.74, 6) is -0.115. The first-order valence-electron chi connectivity index (χ1n) is 6.00. The Bertz CT molecular complexity index is 340. The van der Waals surface area contributed by atoms with Crippen LogP contribution in [0.5, 0.6) is 0 Å². The fourth-order valence-electron chi connectivity index (χ4n) is 2.19. The summed E-state index contributed by atoms with van der Waals surface area (Å²) in [6.07, 6.45) is 2.28. The molecule has 0 aliphatic carbocycles. The molecule has 2 nitrogen and oxygen atoms in total. The molecule has 0 aromatic heterocycles. The van der Waals surface area contributed by atoms with E-state index >= 15 is 0 Å². The quantitative estimate of drug-likeness (QED) is 0.785. The van der Waals surface area contributed by atoms with Crippen LogP contribution >= 0.6 is 0 Å². The molecule has 2 rings (SSSR count). The predicted molar refractivity (Wildman–Crippen MR) is 65.3 cm³/mol. The lowest BCUT2D eigenvalue weighted by molar-refractivity contribution is 0.480. The van der Waals surface area contributed by atoms with Crippen LogP contribution in [0.25, 0.3) is 0 Å². The number of anilines is 1. The van der Waals surface area contributed by atoms with Crippen molar-refractivity contribution in [2.24, 2.45) is 0 Å². The van der Waals surface area contributed by atoms with E-state index in [-0.39, 0.29) is 5.82 Å². The molecule has 1 aliphatic heterocycles. The van der Waals surface area contributed by atoms with Gasteiger partial charge in [0.05, 0.1) is 5.69 Å². The van der Waals surface area contributed by atoms with Crippen LogP contribution in [0.2, 0.25) is 0 Å². The maximum atomic E-state index is 13.7. The highest BCUT2D eigenvalue weighted by Crippen LogP contribution is 2.20. The second-order valence-corrected chi connectivity index (χ2v) is 4.46. The minimum absolute atomic E-state index is 0.115. The van der Waals surface area contributed by atoms with Gasteiger partial charge in [0, 0.05) is 19.1 Å². The molecule has 0 bridgehead atoms. The van der Waals surface area contributed by atoms with Gasteiger partial charge in [0.15, 0.2) is 0 Å². The lowest BCUT2D eigenvalue weighted by Gasteiger charge is -2.31. The monoisotopic (exact) mass is 222 g/mol. The summed E-state index contributed by atoms with van der Waals surface area (Å²) in [7, 11) is 0. The van der Waals surface area contributed by atoms with Gasteiger partial charge in [0.1, 0.15) is 5.82 Å². The molecule has 1 aromatic rings. The lowest BCUT2D eigenvalue weighted by atomic mass is 10.1. The first-order valence-corrected chi connectivity index (χ1v) is 6.00. The third-order valence-electron chi connectivity index (χ3n) is 3.03. The summed E-state index contributed by atoms with van der Waals surface area (Å²) in [5, 5.41) is 3.44. The van der Waals surface area contributed by atoms with Crippen LogP contribution in [0.4, 0.5) is 10.1 Å². The zero-order valence-electron chi connectivity index (χ0n) is 9.75. The van der Waals surface area contributed by atoms with Crippen LogP contribution in [0, 0.1) is 5.82 Å². The summed E-state index contributed by atoms with van der Waals surface area (Å²) in [6.45, 7) is 5.05. The maximum Gasteiger partial charge on any atom is 0.146 e. The SMILES string of the molecule is CC1CN(c2ccccc2F)CCCCN1. The molecule has 3 heteroatoms. The van der Waals surface area contributed by atoms with Crippen LogP contribution in [0.15, 0.2) is 24.3 Å². The van der Waals surface area contributed by atoms with Gasteiger partial charge in [-0.15, -0.1) is 0 Å². The summed E-state index contributed by atoms with van der Waals surface area (Å²) >= 11 is 0. The molecular weight excluding hydrogens is 203 g/mol. The van der Waals surface area contributed by atoms with Crippen molar-refractivity contribution in [3.05, 3.63) is 30.1 Å². The van der Waals surface area contributed by atoms with Crippen molar-refractivity contribution >= 4 is 5.69 Å². The number of hydrogen-bond donors (Lipinski definition) is 1. The maximum absolute atomic E-state index is 13.7. The summed E-state index contributed by atoms with van der Waals surface area (Å²) in [6, 6.07) is 7.45. The van der Waals surface area contributed by atoms with Crippen molar-refractivity contribution < 1.29 is 4.39 Å². The second kappa shape index (κ2) is 5.30. The normalized spacial score (nSPS) is 22.6. The summed E-state index contributed by atoms with van der Waals surface area (Å²) in [4.78, 5) is 2.14. The van der Waals surface area contributed by atoms with E-state index in [1.807, 2.05) is 12.1 Å². The third kappa shape index (κ3) is 2.73. The van der Waals surface area contributed by atoms with Crippen molar-refractivity contribution in [1.82, 2.24) is 5.32 Å². The van der Waals surface area contributed by atoms with Gasteiger partial charge in [-0.2, -0.15) is 0 Å². The van der Waals surface area contributed by atoms with Gasteiger partial charge in [-0.1, -0.05) is 12.1 Å². The van der Waals surface area contributed by atoms with Crippen LogP contribution < -0.4 is 10.2 Å². The predicted octanol–water partition coefficient (Wildman–Crippen LogP) is 2.40. The Morgan fingerprint density at radius 3 is 2.94 bits per heavy atom. The summed E-state index contributed by atoms with van der Waals surface area (Å²) < 4.78 is 13.7. The molecule has 0 saturated carbocycles. The average Bonchev–Trinajstić information content (AvgIpc) is 2.24. The van der Waals surface area contributed by atoms with Crippen molar-refractivity contribution in [2.45, 2.75) is 25.8 Å². The number of halogens is 1. The Morgan fingerprint density at radius 1 is 1.31 bits per heavy atom. The van der Waals surface area contributed by atoms with Crippen LogP contribution in [-0.4, -0.2) is 25.7 Å². The molecule has 88 valence electrons. The number of hydrogen-bond acceptors (Lipinski definition) is 2. The molecule has 1 N–H and O–H groups in total. The number of para-hydroxylation sites is 1. The topological polar surface area (TPSA) is 15.3 Å². The number of nitrogens with one attached hydrogen (secondary N) is 1. The van der Waals surface area contributed by atoms with Gasteiger partial charge >= 0.3 is 0 Å². The van der Waals surface area contributed by atoms with E-state index in [0.29, 0.717) is 6.04 Å². The molecule has 1 atom stereocenters. The Kier molecular flexibility index (Phi) is 3.78. The first-order chi connectivity index (χ1) is 7.77. The van der Waals surface area contributed by atoms with Gasteiger partial charge in [0.25, 0.3) is 0 Å². The van der Waals surface area contributed by atoms with E-state index in [4.69, 9.17) is 0 Å². The second-order valence-electron chi connectivity index (χ2n) is 4.46. The number of nitrogens with zero attached hydrogens (tertiary/aromatic N) is 1. The van der Waals surface area contributed by atoms with Crippen molar-refractivity contribution in [3.8, 4) is 0 Å². The highest BCUT2D eigenvalue weighted by Gasteiger charge is 2.15. The van der Waals surface area contributed by atoms with Gasteiger partial charge in [0.2, 0.25) is 0 Å². The van der Waals surface area contributed by atoms with E-state index in [9.17, 15) is 4.39 Å². The van der Waals surface area contributed by atoms with Crippen molar-refractivity contribution in [2.75, 3.05) is 24.5 Å². The Balaban J connectivity index is 2.14. The van der Waals surface area contributed by atoms with Crippen LogP contribution in [0.1, 0.15) is 19.8 Å². The van der Waals surface area contributed by atoms with Crippen LogP contribution in [-0.2, 0) is 0 Å². The van der Waals surface area contributed by atoms with Crippen molar-refractivity contribution in [1.29, 1.82) is 0 Å². The Morgan fingerprint density at radius 2 is 2.12 bits per heavy atom. The first kappa shape index (κ1) is 11.4. The van der Waals surface area contributed by atoms with E-state index in [1.165, 1.54) is 6.07 Å². The van der Waals surface area contributed by atoms with E-state index in [2.05, 4.69) is 17.1 Å². The lowest BCUT2D eigenvalue weighted by Crippen LogP contribution is -2.42. The molecule has 0 amide bonds. The molecule has 16 heavy (non-hydrogen) atoms. The zero-order chi connectivity index (χ0) is 11.4. The molecule has 1 aliphatic rings. The minimum atomic E-state index is -0.115. The zero-order valence-corrected chi connectivity index (χ0v) is 9.75. The fraction of sp³-hybridized carbons (Fsp3) is 0.538.